The van der Waals surface area contributed by atoms with Crippen LogP contribution in [0.3, 0.4) is 0 Å². The lowest BCUT2D eigenvalue weighted by Crippen LogP contribution is -2.56. The standard InChI is InChI=1S/C28H31F6N3O/c29-27(30,31)22-14-21(15-23(16-22)28(32,33)34)26(38)37-9-8-25(24(18-37)20-4-2-1-3-5-20)36-12-10-35(11-13-36)17-19-6-7-19/h1-5,14-16,19,24-25H,6-13,17-18H2. The van der Waals surface area contributed by atoms with Crippen LogP contribution in [0, 0.1) is 5.92 Å². The molecule has 206 valence electrons. The molecule has 2 atom stereocenters. The van der Waals surface area contributed by atoms with Crippen LogP contribution in [0.4, 0.5) is 26.3 Å². The van der Waals surface area contributed by atoms with E-state index in [0.717, 1.165) is 44.2 Å². The molecule has 1 amide bonds. The lowest BCUT2D eigenvalue weighted by molar-refractivity contribution is -0.143. The summed E-state index contributed by atoms with van der Waals surface area (Å²) in [6, 6.07) is 10.9. The fourth-order valence-electron chi connectivity index (χ4n) is 5.79. The molecule has 5 rings (SSSR count). The molecule has 38 heavy (non-hydrogen) atoms. The SMILES string of the molecule is O=C(c1cc(C(F)(F)F)cc(C(F)(F)F)c1)N1CCC(N2CCN(CC3CC3)CC2)C(c2ccccc2)C1. The highest BCUT2D eigenvalue weighted by Crippen LogP contribution is 2.38. The van der Waals surface area contributed by atoms with Gasteiger partial charge in [0.2, 0.25) is 0 Å². The molecule has 2 aromatic rings. The molecule has 2 unspecified atom stereocenters. The second kappa shape index (κ2) is 10.5. The van der Waals surface area contributed by atoms with Crippen LogP contribution in [0.25, 0.3) is 0 Å². The van der Waals surface area contributed by atoms with Crippen molar-refractivity contribution in [2.24, 2.45) is 5.92 Å². The third-order valence-electron chi connectivity index (χ3n) is 8.02. The van der Waals surface area contributed by atoms with E-state index in [-0.39, 0.29) is 31.1 Å². The van der Waals surface area contributed by atoms with Gasteiger partial charge in [0.1, 0.15) is 0 Å². The van der Waals surface area contributed by atoms with Crippen LogP contribution < -0.4 is 0 Å². The van der Waals surface area contributed by atoms with E-state index in [0.29, 0.717) is 18.6 Å². The quantitative estimate of drug-likeness (QED) is 0.453. The van der Waals surface area contributed by atoms with E-state index in [1.165, 1.54) is 17.7 Å². The lowest BCUT2D eigenvalue weighted by Gasteiger charge is -2.47. The second-order valence-corrected chi connectivity index (χ2v) is 10.7. The Labute approximate surface area is 218 Å². The van der Waals surface area contributed by atoms with Crippen LogP contribution in [0.5, 0.6) is 0 Å². The van der Waals surface area contributed by atoms with Gasteiger partial charge in [-0.2, -0.15) is 26.3 Å². The molecule has 0 bridgehead atoms. The van der Waals surface area contributed by atoms with Gasteiger partial charge in [-0.15, -0.1) is 0 Å². The molecule has 0 aromatic heterocycles. The van der Waals surface area contributed by atoms with Crippen molar-refractivity contribution in [2.75, 3.05) is 45.8 Å². The third-order valence-corrected chi connectivity index (χ3v) is 8.02. The predicted molar refractivity (Wildman–Crippen MR) is 131 cm³/mol. The van der Waals surface area contributed by atoms with Crippen LogP contribution in [0.1, 0.15) is 52.2 Å². The van der Waals surface area contributed by atoms with E-state index in [1.54, 1.807) is 0 Å². The van der Waals surface area contributed by atoms with Gasteiger partial charge < -0.3 is 9.80 Å². The van der Waals surface area contributed by atoms with Crippen molar-refractivity contribution in [3.8, 4) is 0 Å². The highest BCUT2D eigenvalue weighted by atomic mass is 19.4. The number of benzene rings is 2. The number of rotatable bonds is 5. The monoisotopic (exact) mass is 539 g/mol. The largest absolute Gasteiger partial charge is 0.416 e. The lowest BCUT2D eigenvalue weighted by atomic mass is 9.84. The third kappa shape index (κ3) is 6.17. The Hall–Kier alpha value is -2.59. The fraction of sp³-hybridized carbons (Fsp3) is 0.536. The number of amides is 1. The molecule has 0 spiro atoms. The van der Waals surface area contributed by atoms with Gasteiger partial charge in [-0.1, -0.05) is 30.3 Å². The Bertz CT molecular complexity index is 1090. The maximum atomic E-state index is 13.4. The number of carbonyl (C=O) groups excluding carboxylic acids is 1. The van der Waals surface area contributed by atoms with E-state index >= 15 is 0 Å². The van der Waals surface area contributed by atoms with Crippen molar-refractivity contribution >= 4 is 5.91 Å². The van der Waals surface area contributed by atoms with Crippen molar-refractivity contribution in [1.29, 1.82) is 0 Å². The Kier molecular flexibility index (Phi) is 7.48. The van der Waals surface area contributed by atoms with Crippen molar-refractivity contribution in [3.05, 3.63) is 70.8 Å². The molecule has 2 aliphatic heterocycles. The number of nitrogens with zero attached hydrogens (tertiary/aromatic N) is 3. The second-order valence-electron chi connectivity index (χ2n) is 10.7. The van der Waals surface area contributed by atoms with Gasteiger partial charge in [0.25, 0.3) is 5.91 Å². The summed E-state index contributed by atoms with van der Waals surface area (Å²) in [5.74, 6) is -0.0893. The van der Waals surface area contributed by atoms with Crippen LogP contribution >= 0.6 is 0 Å². The number of hydrogen-bond donors (Lipinski definition) is 0. The van der Waals surface area contributed by atoms with Crippen LogP contribution in [0.2, 0.25) is 0 Å². The normalized spacial score (nSPS) is 24.0. The molecule has 1 aliphatic carbocycles. The van der Waals surface area contributed by atoms with E-state index in [2.05, 4.69) is 9.80 Å². The van der Waals surface area contributed by atoms with Gasteiger partial charge in [-0.25, -0.2) is 0 Å². The molecule has 3 aliphatic rings. The fourth-order valence-corrected chi connectivity index (χ4v) is 5.79. The van der Waals surface area contributed by atoms with Crippen LogP contribution in [-0.2, 0) is 12.4 Å². The summed E-state index contributed by atoms with van der Waals surface area (Å²) < 4.78 is 80.3. The Morgan fingerprint density at radius 3 is 1.95 bits per heavy atom. The van der Waals surface area contributed by atoms with E-state index in [9.17, 15) is 31.1 Å². The minimum Gasteiger partial charge on any atom is -0.338 e. The molecule has 4 nitrogen and oxygen atoms in total. The van der Waals surface area contributed by atoms with Crippen molar-refractivity contribution in [2.45, 2.75) is 43.6 Å². The summed E-state index contributed by atoms with van der Waals surface area (Å²) >= 11 is 0. The highest BCUT2D eigenvalue weighted by Gasteiger charge is 2.40. The first-order chi connectivity index (χ1) is 18.0. The predicted octanol–water partition coefficient (Wildman–Crippen LogP) is 5.75. The van der Waals surface area contributed by atoms with E-state index in [4.69, 9.17) is 0 Å². The molecular formula is C28H31F6N3O. The van der Waals surface area contributed by atoms with Crippen LogP contribution in [0.15, 0.2) is 48.5 Å². The van der Waals surface area contributed by atoms with E-state index in [1.807, 2.05) is 30.3 Å². The molecule has 0 radical (unpaired) electrons. The number of piperazine rings is 1. The number of hydrogen-bond acceptors (Lipinski definition) is 3. The Balaban J connectivity index is 1.36. The molecule has 3 fully saturated rings. The maximum Gasteiger partial charge on any atom is 0.416 e. The summed E-state index contributed by atoms with van der Waals surface area (Å²) in [6.07, 6.45) is -6.80. The molecule has 2 saturated heterocycles. The summed E-state index contributed by atoms with van der Waals surface area (Å²) in [4.78, 5) is 19.7. The minimum atomic E-state index is -5.00. The summed E-state index contributed by atoms with van der Waals surface area (Å²) in [5.41, 5.74) is -2.54. The summed E-state index contributed by atoms with van der Waals surface area (Å²) in [7, 11) is 0. The molecular weight excluding hydrogens is 508 g/mol. The number of halogens is 6. The van der Waals surface area contributed by atoms with Gasteiger partial charge in [-0.05, 0) is 48.9 Å². The molecule has 2 heterocycles. The average Bonchev–Trinajstić information content (AvgIpc) is 3.72. The molecule has 10 heteroatoms. The van der Waals surface area contributed by atoms with Crippen molar-refractivity contribution < 1.29 is 31.1 Å². The molecule has 1 saturated carbocycles. The van der Waals surface area contributed by atoms with Gasteiger partial charge in [0.15, 0.2) is 0 Å². The Morgan fingerprint density at radius 1 is 0.789 bits per heavy atom. The first-order valence-electron chi connectivity index (χ1n) is 13.1. The Morgan fingerprint density at radius 2 is 1.39 bits per heavy atom. The van der Waals surface area contributed by atoms with Crippen LogP contribution in [-0.4, -0.2) is 72.5 Å². The van der Waals surface area contributed by atoms with Crippen molar-refractivity contribution in [1.82, 2.24) is 14.7 Å². The maximum absolute atomic E-state index is 13.4. The highest BCUT2D eigenvalue weighted by molar-refractivity contribution is 5.95. The van der Waals surface area contributed by atoms with Gasteiger partial charge in [0.05, 0.1) is 11.1 Å². The minimum absolute atomic E-state index is 0.0542. The summed E-state index contributed by atoms with van der Waals surface area (Å²) in [6.45, 7) is 5.39. The zero-order valence-electron chi connectivity index (χ0n) is 20.9. The number of likely N-dealkylation sites (tertiary alicyclic amines) is 1. The summed E-state index contributed by atoms with van der Waals surface area (Å²) in [5, 5.41) is 0. The van der Waals surface area contributed by atoms with Gasteiger partial charge in [0, 0.05) is 63.3 Å². The number of piperidine rings is 1. The molecule has 2 aromatic carbocycles. The first kappa shape index (κ1) is 27.0. The topological polar surface area (TPSA) is 26.8 Å². The smallest absolute Gasteiger partial charge is 0.338 e. The zero-order valence-corrected chi connectivity index (χ0v) is 20.9. The first-order valence-corrected chi connectivity index (χ1v) is 13.1. The number of carbonyl (C=O) groups is 1. The van der Waals surface area contributed by atoms with E-state index < -0.39 is 35.0 Å². The number of alkyl halides is 6. The van der Waals surface area contributed by atoms with Crippen molar-refractivity contribution in [3.63, 3.8) is 0 Å². The van der Waals surface area contributed by atoms with Gasteiger partial charge in [-0.3, -0.25) is 9.69 Å². The zero-order chi connectivity index (χ0) is 27.1. The van der Waals surface area contributed by atoms with Gasteiger partial charge >= 0.3 is 12.4 Å². The average molecular weight is 540 g/mol. The molecule has 0 N–H and O–H groups in total.